The maximum atomic E-state index is 11.9. The Labute approximate surface area is 119 Å². The number of hydrogen-bond donors (Lipinski definition) is 1. The summed E-state index contributed by atoms with van der Waals surface area (Å²) >= 11 is 5.71. The molecule has 10 heteroatoms. The van der Waals surface area contributed by atoms with Gasteiger partial charge in [0.25, 0.3) is 5.69 Å². The highest BCUT2D eigenvalue weighted by Gasteiger charge is 2.20. The normalized spacial score (nSPS) is 11.1. The number of sulfonamides is 1. The number of benzene rings is 1. The van der Waals surface area contributed by atoms with Crippen molar-refractivity contribution in [2.75, 3.05) is 13.7 Å². The Kier molecular flexibility index (Phi) is 5.43. The number of methoxy groups -OCH3 is 1. The first kappa shape index (κ1) is 16.3. The minimum absolute atomic E-state index is 0.139. The monoisotopic (exact) mass is 322 g/mol. The summed E-state index contributed by atoms with van der Waals surface area (Å²) in [4.78, 5) is 20.4. The van der Waals surface area contributed by atoms with Gasteiger partial charge < -0.3 is 4.74 Å². The minimum Gasteiger partial charge on any atom is -0.469 e. The van der Waals surface area contributed by atoms with E-state index in [9.17, 15) is 23.3 Å². The van der Waals surface area contributed by atoms with Crippen molar-refractivity contribution < 1.29 is 22.9 Å². The Hall–Kier alpha value is -1.71. The number of nitrogens with one attached hydrogen (secondary N) is 1. The molecule has 0 aliphatic rings. The third-order valence-electron chi connectivity index (χ3n) is 2.26. The van der Waals surface area contributed by atoms with Gasteiger partial charge in [-0.05, 0) is 6.07 Å². The Morgan fingerprint density at radius 3 is 2.65 bits per heavy atom. The molecular weight excluding hydrogens is 312 g/mol. The molecule has 0 aliphatic carbocycles. The zero-order valence-corrected chi connectivity index (χ0v) is 11.9. The third kappa shape index (κ3) is 4.15. The van der Waals surface area contributed by atoms with E-state index in [1.54, 1.807) is 0 Å². The summed E-state index contributed by atoms with van der Waals surface area (Å²) in [6.45, 7) is -0.164. The van der Waals surface area contributed by atoms with Crippen LogP contribution < -0.4 is 4.72 Å². The minimum atomic E-state index is -3.95. The highest BCUT2D eigenvalue weighted by molar-refractivity contribution is 7.89. The standard InChI is InChI=1S/C10H11ClN2O6S/c1-19-10(14)4-5-12-20(17,18)9-3-2-7(13(15)16)6-8(9)11/h2-3,6,12H,4-5H2,1H3. The van der Waals surface area contributed by atoms with Crippen LogP contribution in [0.3, 0.4) is 0 Å². The summed E-state index contributed by atoms with van der Waals surface area (Å²) in [5.74, 6) is -0.567. The molecule has 0 aliphatic heterocycles. The Morgan fingerprint density at radius 1 is 1.50 bits per heavy atom. The number of nitrogens with zero attached hydrogens (tertiary/aromatic N) is 1. The van der Waals surface area contributed by atoms with Gasteiger partial charge in [0.15, 0.2) is 0 Å². The number of nitro groups is 1. The topological polar surface area (TPSA) is 116 Å². The number of halogens is 1. The number of hydrogen-bond acceptors (Lipinski definition) is 6. The highest BCUT2D eigenvalue weighted by atomic mass is 35.5. The van der Waals surface area contributed by atoms with Gasteiger partial charge in [-0.2, -0.15) is 0 Å². The molecule has 0 atom stereocenters. The van der Waals surface area contributed by atoms with Crippen LogP contribution in [-0.2, 0) is 19.6 Å². The van der Waals surface area contributed by atoms with Crippen LogP contribution in [0.5, 0.6) is 0 Å². The summed E-state index contributed by atoms with van der Waals surface area (Å²) in [5.41, 5.74) is -0.316. The first-order valence-electron chi connectivity index (χ1n) is 5.28. The molecule has 8 nitrogen and oxygen atoms in total. The lowest BCUT2D eigenvalue weighted by Crippen LogP contribution is -2.26. The van der Waals surface area contributed by atoms with E-state index in [0.29, 0.717) is 0 Å². The van der Waals surface area contributed by atoms with Crippen LogP contribution in [0.1, 0.15) is 6.42 Å². The first-order chi connectivity index (χ1) is 9.27. The zero-order chi connectivity index (χ0) is 15.3. The van der Waals surface area contributed by atoms with Crippen molar-refractivity contribution in [2.45, 2.75) is 11.3 Å². The molecule has 1 aromatic carbocycles. The summed E-state index contributed by atoms with van der Waals surface area (Å²) in [7, 11) is -2.77. The summed E-state index contributed by atoms with van der Waals surface area (Å²) in [5, 5.41) is 10.3. The van der Waals surface area contributed by atoms with Crippen molar-refractivity contribution in [1.82, 2.24) is 4.72 Å². The number of non-ortho nitro benzene ring substituents is 1. The predicted octanol–water partition coefficient (Wildman–Crippen LogP) is 1.09. The average molecular weight is 323 g/mol. The predicted molar refractivity (Wildman–Crippen MR) is 69.9 cm³/mol. The molecule has 0 aromatic heterocycles. The fraction of sp³-hybridized carbons (Fsp3) is 0.300. The number of ether oxygens (including phenoxy) is 1. The third-order valence-corrected chi connectivity index (χ3v) is 4.21. The SMILES string of the molecule is COC(=O)CCNS(=O)(=O)c1ccc([N+](=O)[O-])cc1Cl. The Balaban J connectivity index is 2.87. The number of nitro benzene ring substituents is 1. The Bertz CT molecular complexity index is 631. The van der Waals surface area contributed by atoms with E-state index in [0.717, 1.165) is 18.2 Å². The maximum absolute atomic E-state index is 11.9. The van der Waals surface area contributed by atoms with Gasteiger partial charge in [0.1, 0.15) is 4.90 Å². The summed E-state index contributed by atoms with van der Waals surface area (Å²) < 4.78 is 30.3. The highest BCUT2D eigenvalue weighted by Crippen LogP contribution is 2.25. The van der Waals surface area contributed by atoms with Gasteiger partial charge in [0.2, 0.25) is 10.0 Å². The molecule has 0 saturated carbocycles. The van der Waals surface area contributed by atoms with Gasteiger partial charge >= 0.3 is 5.97 Å². The van der Waals surface area contributed by atoms with Crippen molar-refractivity contribution in [3.8, 4) is 0 Å². The van der Waals surface area contributed by atoms with Crippen molar-refractivity contribution in [1.29, 1.82) is 0 Å². The fourth-order valence-corrected chi connectivity index (χ4v) is 2.86. The van der Waals surface area contributed by atoms with Crippen molar-refractivity contribution >= 4 is 33.3 Å². The zero-order valence-electron chi connectivity index (χ0n) is 10.3. The van der Waals surface area contributed by atoms with Gasteiger partial charge in [0, 0.05) is 18.7 Å². The number of esters is 1. The second-order valence-electron chi connectivity index (χ2n) is 3.60. The molecule has 0 bridgehead atoms. The lowest BCUT2D eigenvalue weighted by Gasteiger charge is -2.07. The molecule has 0 unspecified atom stereocenters. The van der Waals surface area contributed by atoms with Crippen molar-refractivity contribution in [2.24, 2.45) is 0 Å². The van der Waals surface area contributed by atoms with Crippen LogP contribution in [0.4, 0.5) is 5.69 Å². The molecule has 0 heterocycles. The molecule has 0 fully saturated rings. The molecule has 0 radical (unpaired) electrons. The van der Waals surface area contributed by atoms with Crippen LogP contribution in [0.2, 0.25) is 5.02 Å². The van der Waals surface area contributed by atoms with Crippen molar-refractivity contribution in [3.63, 3.8) is 0 Å². The second-order valence-corrected chi connectivity index (χ2v) is 5.74. The number of carbonyl (C=O) groups is 1. The van der Waals surface area contributed by atoms with Crippen LogP contribution >= 0.6 is 11.6 Å². The maximum Gasteiger partial charge on any atom is 0.306 e. The lowest BCUT2D eigenvalue weighted by molar-refractivity contribution is -0.384. The summed E-state index contributed by atoms with van der Waals surface area (Å²) in [6, 6.07) is 3.00. The van der Waals surface area contributed by atoms with E-state index >= 15 is 0 Å². The van der Waals surface area contributed by atoms with Gasteiger partial charge in [-0.3, -0.25) is 14.9 Å². The first-order valence-corrected chi connectivity index (χ1v) is 7.14. The van der Waals surface area contributed by atoms with E-state index in [2.05, 4.69) is 9.46 Å². The quantitative estimate of drug-likeness (QED) is 0.476. The number of rotatable bonds is 6. The van der Waals surface area contributed by atoms with Crippen molar-refractivity contribution in [3.05, 3.63) is 33.3 Å². The summed E-state index contributed by atoms with van der Waals surface area (Å²) in [6.07, 6.45) is -0.139. The van der Waals surface area contributed by atoms with Crippen LogP contribution in [-0.4, -0.2) is 33.0 Å². The van der Waals surface area contributed by atoms with E-state index in [1.807, 2.05) is 0 Å². The molecular formula is C10H11ClN2O6S. The molecule has 0 spiro atoms. The molecule has 1 aromatic rings. The van der Waals surface area contributed by atoms with Crippen LogP contribution in [0, 0.1) is 10.1 Å². The molecule has 0 amide bonds. The lowest BCUT2D eigenvalue weighted by atomic mass is 10.3. The average Bonchev–Trinajstić information content (AvgIpc) is 2.37. The van der Waals surface area contributed by atoms with E-state index in [1.165, 1.54) is 7.11 Å². The molecule has 1 rings (SSSR count). The van der Waals surface area contributed by atoms with Gasteiger partial charge in [-0.15, -0.1) is 0 Å². The molecule has 0 saturated heterocycles. The van der Waals surface area contributed by atoms with E-state index in [4.69, 9.17) is 11.6 Å². The van der Waals surface area contributed by atoms with Crippen LogP contribution in [0.15, 0.2) is 23.1 Å². The molecule has 20 heavy (non-hydrogen) atoms. The largest absolute Gasteiger partial charge is 0.469 e. The van der Waals surface area contributed by atoms with Crippen LogP contribution in [0.25, 0.3) is 0 Å². The Morgan fingerprint density at radius 2 is 2.15 bits per heavy atom. The molecule has 1 N–H and O–H groups in total. The van der Waals surface area contributed by atoms with E-state index < -0.39 is 20.9 Å². The van der Waals surface area contributed by atoms with Gasteiger partial charge in [-0.25, -0.2) is 13.1 Å². The number of carbonyl (C=O) groups excluding carboxylic acids is 1. The molecule has 110 valence electrons. The van der Waals surface area contributed by atoms with Gasteiger partial charge in [-0.1, -0.05) is 11.6 Å². The second kappa shape index (κ2) is 6.64. The van der Waals surface area contributed by atoms with Gasteiger partial charge in [0.05, 0.1) is 23.5 Å². The van der Waals surface area contributed by atoms with E-state index in [-0.39, 0.29) is 28.6 Å². The smallest absolute Gasteiger partial charge is 0.306 e. The fourth-order valence-electron chi connectivity index (χ4n) is 1.29.